The topological polar surface area (TPSA) is 46.7 Å². The van der Waals surface area contributed by atoms with Crippen LogP contribution in [0.3, 0.4) is 0 Å². The number of epoxide rings is 1. The molecule has 17 heavy (non-hydrogen) atoms. The van der Waals surface area contributed by atoms with Crippen molar-refractivity contribution in [1.29, 1.82) is 0 Å². The predicted molar refractivity (Wildman–Crippen MR) is 64.3 cm³/mol. The van der Waals surface area contributed by atoms with Gasteiger partial charge in [0.2, 0.25) is 9.84 Å². The monoisotopic (exact) mass is 252 g/mol. The Hall–Kier alpha value is -0.870. The van der Waals surface area contributed by atoms with Crippen molar-refractivity contribution in [3.63, 3.8) is 0 Å². The van der Waals surface area contributed by atoms with Gasteiger partial charge in [0, 0.05) is 0 Å². The van der Waals surface area contributed by atoms with E-state index in [-0.39, 0.29) is 5.60 Å². The normalized spacial score (nSPS) is 26.9. The van der Waals surface area contributed by atoms with Crippen molar-refractivity contribution in [2.24, 2.45) is 0 Å². The smallest absolute Gasteiger partial charge is 0.208 e. The maximum absolute atomic E-state index is 12.3. The average Bonchev–Trinajstić information content (AvgIpc) is 3.06. The molecule has 1 aliphatic carbocycles. The summed E-state index contributed by atoms with van der Waals surface area (Å²) in [5.41, 5.74) is -0.954. The number of sulfone groups is 1. The maximum atomic E-state index is 12.3. The summed E-state index contributed by atoms with van der Waals surface area (Å²) in [6, 6.07) is 8.62. The highest BCUT2D eigenvalue weighted by atomic mass is 32.2. The number of benzene rings is 1. The Kier molecular flexibility index (Phi) is 2.52. The third-order valence-corrected chi connectivity index (χ3v) is 5.79. The molecule has 1 atom stereocenters. The summed E-state index contributed by atoms with van der Waals surface area (Å²) in [5, 5.41) is 0. The Morgan fingerprint density at radius 3 is 2.35 bits per heavy atom. The van der Waals surface area contributed by atoms with Gasteiger partial charge in [0.25, 0.3) is 0 Å². The number of hydrogen-bond donors (Lipinski definition) is 0. The summed E-state index contributed by atoms with van der Waals surface area (Å²) < 4.78 is 30.3. The number of ether oxygens (including phenoxy) is 1. The van der Waals surface area contributed by atoms with E-state index in [0.29, 0.717) is 4.90 Å². The lowest BCUT2D eigenvalue weighted by Crippen LogP contribution is -2.24. The Bertz CT molecular complexity index is 501. The van der Waals surface area contributed by atoms with Crippen molar-refractivity contribution in [2.45, 2.75) is 48.0 Å². The van der Waals surface area contributed by atoms with Crippen molar-refractivity contribution >= 4 is 9.84 Å². The van der Waals surface area contributed by atoms with E-state index in [4.69, 9.17) is 4.74 Å². The minimum Gasteiger partial charge on any atom is -0.349 e. The first-order chi connectivity index (χ1) is 8.15. The number of hydrogen-bond acceptors (Lipinski definition) is 3. The first-order valence-corrected chi connectivity index (χ1v) is 7.67. The molecular formula is C13H16O3S. The fraction of sp³-hybridized carbons (Fsp3) is 0.538. The number of rotatable bonds is 2. The third kappa shape index (κ3) is 1.79. The van der Waals surface area contributed by atoms with Gasteiger partial charge >= 0.3 is 0 Å². The second kappa shape index (κ2) is 3.82. The zero-order valence-electron chi connectivity index (χ0n) is 9.63. The summed E-state index contributed by atoms with van der Waals surface area (Å²) in [6.07, 6.45) is 5.15. The van der Waals surface area contributed by atoms with Gasteiger partial charge in [0.15, 0.2) is 5.44 Å². The van der Waals surface area contributed by atoms with Crippen LogP contribution in [-0.2, 0) is 14.6 Å². The van der Waals surface area contributed by atoms with Gasteiger partial charge in [0.1, 0.15) is 5.60 Å². The van der Waals surface area contributed by atoms with E-state index in [2.05, 4.69) is 0 Å². The summed E-state index contributed by atoms with van der Waals surface area (Å²) in [4.78, 5) is 0.382. The standard InChI is InChI=1S/C13H16O3S/c14-17(15,11-7-3-1-4-8-11)12-13(16-12)9-5-2-6-10-13/h1,3-4,7-8,12H,2,5-6,9-10H2. The molecule has 0 aromatic heterocycles. The van der Waals surface area contributed by atoms with Crippen LogP contribution in [0.15, 0.2) is 35.2 Å². The minimum atomic E-state index is -3.30. The Morgan fingerprint density at radius 2 is 1.71 bits per heavy atom. The molecule has 3 nitrogen and oxygen atoms in total. The average molecular weight is 252 g/mol. The summed E-state index contributed by atoms with van der Waals surface area (Å²) in [6.45, 7) is 0. The molecule has 1 saturated carbocycles. The molecular weight excluding hydrogens is 236 g/mol. The van der Waals surface area contributed by atoms with E-state index < -0.39 is 15.3 Å². The lowest BCUT2D eigenvalue weighted by Gasteiger charge is -2.17. The largest absolute Gasteiger partial charge is 0.349 e. The maximum Gasteiger partial charge on any atom is 0.208 e. The summed E-state index contributed by atoms with van der Waals surface area (Å²) in [7, 11) is -3.30. The first kappa shape index (κ1) is 11.2. The molecule has 4 heteroatoms. The quantitative estimate of drug-likeness (QED) is 0.760. The van der Waals surface area contributed by atoms with Crippen LogP contribution in [0, 0.1) is 0 Å². The second-order valence-corrected chi connectivity index (χ2v) is 6.92. The van der Waals surface area contributed by atoms with Crippen LogP contribution >= 0.6 is 0 Å². The van der Waals surface area contributed by atoms with Crippen LogP contribution < -0.4 is 0 Å². The highest BCUT2D eigenvalue weighted by molar-refractivity contribution is 7.92. The fourth-order valence-corrected chi connectivity index (χ4v) is 4.67. The van der Waals surface area contributed by atoms with E-state index in [9.17, 15) is 8.42 Å². The minimum absolute atomic E-state index is 0.354. The molecule has 1 unspecified atom stereocenters. The molecule has 0 radical (unpaired) electrons. The Morgan fingerprint density at radius 1 is 1.06 bits per heavy atom. The van der Waals surface area contributed by atoms with Gasteiger partial charge in [-0.3, -0.25) is 0 Å². The molecule has 1 spiro atoms. The van der Waals surface area contributed by atoms with Crippen molar-refractivity contribution in [3.05, 3.63) is 30.3 Å². The molecule has 0 bridgehead atoms. The zero-order chi connectivity index (χ0) is 11.9. The van der Waals surface area contributed by atoms with Crippen molar-refractivity contribution in [3.8, 4) is 0 Å². The molecule has 1 aromatic carbocycles. The van der Waals surface area contributed by atoms with Crippen LogP contribution in [0.5, 0.6) is 0 Å². The van der Waals surface area contributed by atoms with Gasteiger partial charge in [-0.15, -0.1) is 0 Å². The van der Waals surface area contributed by atoms with Gasteiger partial charge in [-0.05, 0) is 25.0 Å². The molecule has 1 heterocycles. The van der Waals surface area contributed by atoms with Crippen molar-refractivity contribution < 1.29 is 13.2 Å². The van der Waals surface area contributed by atoms with Gasteiger partial charge in [-0.1, -0.05) is 37.5 Å². The molecule has 0 amide bonds. The lowest BCUT2D eigenvalue weighted by atomic mass is 9.90. The highest BCUT2D eigenvalue weighted by Crippen LogP contribution is 2.51. The SMILES string of the molecule is O=S(=O)(c1ccccc1)C1OC12CCCCC2. The Labute approximate surface area is 102 Å². The molecule has 1 aliphatic heterocycles. The first-order valence-electron chi connectivity index (χ1n) is 6.12. The van der Waals surface area contributed by atoms with Gasteiger partial charge in [-0.25, -0.2) is 8.42 Å². The molecule has 2 fully saturated rings. The van der Waals surface area contributed by atoms with Crippen molar-refractivity contribution in [2.75, 3.05) is 0 Å². The van der Waals surface area contributed by atoms with E-state index in [1.54, 1.807) is 24.3 Å². The zero-order valence-corrected chi connectivity index (χ0v) is 10.4. The van der Waals surface area contributed by atoms with E-state index in [1.807, 2.05) is 6.07 Å². The van der Waals surface area contributed by atoms with Crippen LogP contribution in [0.1, 0.15) is 32.1 Å². The van der Waals surface area contributed by atoms with Crippen molar-refractivity contribution in [1.82, 2.24) is 0 Å². The molecule has 92 valence electrons. The second-order valence-electron chi connectivity index (χ2n) is 4.93. The van der Waals surface area contributed by atoms with Crippen LogP contribution in [0.2, 0.25) is 0 Å². The fourth-order valence-electron chi connectivity index (χ4n) is 2.76. The van der Waals surface area contributed by atoms with Gasteiger partial charge in [0.05, 0.1) is 4.90 Å². The van der Waals surface area contributed by atoms with Crippen LogP contribution in [0.25, 0.3) is 0 Å². The molecule has 3 rings (SSSR count). The molecule has 1 saturated heterocycles. The van der Waals surface area contributed by atoms with Crippen LogP contribution in [0.4, 0.5) is 0 Å². The van der Waals surface area contributed by atoms with E-state index in [0.717, 1.165) is 25.7 Å². The summed E-state index contributed by atoms with van der Waals surface area (Å²) in [5.74, 6) is 0. The van der Waals surface area contributed by atoms with E-state index in [1.165, 1.54) is 6.42 Å². The van der Waals surface area contributed by atoms with Gasteiger partial charge in [-0.2, -0.15) is 0 Å². The summed E-state index contributed by atoms with van der Waals surface area (Å²) >= 11 is 0. The molecule has 1 aromatic rings. The van der Waals surface area contributed by atoms with E-state index >= 15 is 0 Å². The third-order valence-electron chi connectivity index (χ3n) is 3.77. The highest BCUT2D eigenvalue weighted by Gasteiger charge is 2.63. The Balaban J connectivity index is 1.87. The van der Waals surface area contributed by atoms with Crippen LogP contribution in [-0.4, -0.2) is 19.5 Å². The molecule has 2 aliphatic rings. The van der Waals surface area contributed by atoms with Gasteiger partial charge < -0.3 is 4.74 Å². The lowest BCUT2D eigenvalue weighted by molar-refractivity contribution is 0.236. The molecule has 0 N–H and O–H groups in total. The predicted octanol–water partition coefficient (Wildman–Crippen LogP) is 2.52.